The van der Waals surface area contributed by atoms with Gasteiger partial charge in [-0.05, 0) is 31.0 Å². The van der Waals surface area contributed by atoms with Gasteiger partial charge in [-0.3, -0.25) is 15.1 Å². The second kappa shape index (κ2) is 10.5. The fourth-order valence-electron chi connectivity index (χ4n) is 3.21. The third kappa shape index (κ3) is 5.68. The molecule has 3 rings (SSSR count). The van der Waals surface area contributed by atoms with Gasteiger partial charge in [-0.1, -0.05) is 48.1 Å². The fourth-order valence-corrected chi connectivity index (χ4v) is 4.46. The largest absolute Gasteiger partial charge is 0.506 e. The Morgan fingerprint density at radius 1 is 1.21 bits per heavy atom. The summed E-state index contributed by atoms with van der Waals surface area (Å²) in [5.41, 5.74) is 3.55. The van der Waals surface area contributed by atoms with E-state index < -0.39 is 10.9 Å². The third-order valence-electron chi connectivity index (χ3n) is 5.03. The van der Waals surface area contributed by atoms with Gasteiger partial charge in [-0.2, -0.15) is 0 Å². The van der Waals surface area contributed by atoms with E-state index in [2.05, 4.69) is 9.73 Å². The number of rotatable bonds is 8. The van der Waals surface area contributed by atoms with Crippen LogP contribution in [0.2, 0.25) is 0 Å². The SMILES string of the molecule is COC(=O)c1ccc(CC(=S)CN=C(C)c2csc(-c3ccc(C)cc3)c2O)cc1[N+](=O)[O-]. The molecule has 1 N–H and O–H groups in total. The molecule has 0 unspecified atom stereocenters. The molecule has 1 aromatic heterocycles. The molecule has 0 saturated carbocycles. The Bertz CT molecular complexity index is 1250. The molecule has 2 aromatic carbocycles. The number of carbonyl (C=O) groups is 1. The van der Waals surface area contributed by atoms with Gasteiger partial charge in [0.15, 0.2) is 0 Å². The highest BCUT2D eigenvalue weighted by molar-refractivity contribution is 7.80. The standard InChI is InChI=1S/C24H22N2O5S2/c1-14-4-7-17(8-5-14)23-22(27)20(13-33-23)15(2)25-12-18(32)10-16-6-9-19(24(28)31-3)21(11-16)26(29)30/h4-9,11,13,27H,10,12H2,1-3H3. The molecular formula is C24H22N2O5S2. The summed E-state index contributed by atoms with van der Waals surface area (Å²) in [6.07, 6.45) is 0.290. The molecule has 0 spiro atoms. The summed E-state index contributed by atoms with van der Waals surface area (Å²) < 4.78 is 4.59. The minimum Gasteiger partial charge on any atom is -0.506 e. The van der Waals surface area contributed by atoms with E-state index in [0.717, 1.165) is 16.0 Å². The van der Waals surface area contributed by atoms with Crippen molar-refractivity contribution in [2.24, 2.45) is 4.99 Å². The number of ether oxygens (including phenoxy) is 1. The van der Waals surface area contributed by atoms with Crippen LogP contribution in [0, 0.1) is 17.0 Å². The van der Waals surface area contributed by atoms with E-state index >= 15 is 0 Å². The second-order valence-electron chi connectivity index (χ2n) is 7.41. The van der Waals surface area contributed by atoms with Gasteiger partial charge in [0.05, 0.1) is 23.5 Å². The first kappa shape index (κ1) is 24.2. The summed E-state index contributed by atoms with van der Waals surface area (Å²) in [4.78, 5) is 28.3. The molecule has 9 heteroatoms. The smallest absolute Gasteiger partial charge is 0.344 e. The van der Waals surface area contributed by atoms with Gasteiger partial charge in [0.2, 0.25) is 0 Å². The molecule has 0 aliphatic carbocycles. The Kier molecular flexibility index (Phi) is 7.67. The average molecular weight is 483 g/mol. The van der Waals surface area contributed by atoms with Crippen LogP contribution < -0.4 is 0 Å². The summed E-state index contributed by atoms with van der Waals surface area (Å²) in [6.45, 7) is 4.04. The normalized spacial score (nSPS) is 11.3. The maximum absolute atomic E-state index is 11.7. The van der Waals surface area contributed by atoms with Crippen LogP contribution in [-0.4, -0.2) is 40.2 Å². The second-order valence-corrected chi connectivity index (χ2v) is 8.87. The monoisotopic (exact) mass is 482 g/mol. The van der Waals surface area contributed by atoms with Gasteiger partial charge in [0.1, 0.15) is 11.3 Å². The van der Waals surface area contributed by atoms with Gasteiger partial charge < -0.3 is 9.84 Å². The highest BCUT2D eigenvalue weighted by Gasteiger charge is 2.21. The number of nitro groups is 1. The van der Waals surface area contributed by atoms with E-state index in [4.69, 9.17) is 12.2 Å². The zero-order chi connectivity index (χ0) is 24.1. The van der Waals surface area contributed by atoms with Gasteiger partial charge in [0.25, 0.3) is 5.69 Å². The number of hydrogen-bond acceptors (Lipinski definition) is 8. The number of methoxy groups -OCH3 is 1. The lowest BCUT2D eigenvalue weighted by Crippen LogP contribution is -2.09. The lowest BCUT2D eigenvalue weighted by Gasteiger charge is -2.06. The van der Waals surface area contributed by atoms with E-state index in [1.54, 1.807) is 13.0 Å². The van der Waals surface area contributed by atoms with Crippen molar-refractivity contribution in [3.8, 4) is 16.2 Å². The Morgan fingerprint density at radius 2 is 1.91 bits per heavy atom. The molecule has 0 saturated heterocycles. The van der Waals surface area contributed by atoms with E-state index in [0.29, 0.717) is 28.1 Å². The molecule has 0 aliphatic heterocycles. The van der Waals surface area contributed by atoms with Crippen LogP contribution in [0.5, 0.6) is 5.75 Å². The molecule has 7 nitrogen and oxygen atoms in total. The minimum absolute atomic E-state index is 0.108. The number of nitrogens with zero attached hydrogens (tertiary/aromatic N) is 2. The van der Waals surface area contributed by atoms with Crippen molar-refractivity contribution in [1.29, 1.82) is 0 Å². The van der Waals surface area contributed by atoms with Crippen molar-refractivity contribution in [1.82, 2.24) is 0 Å². The van der Waals surface area contributed by atoms with Crippen molar-refractivity contribution in [2.75, 3.05) is 13.7 Å². The van der Waals surface area contributed by atoms with Crippen molar-refractivity contribution in [3.05, 3.63) is 80.2 Å². The summed E-state index contributed by atoms with van der Waals surface area (Å²) in [7, 11) is 1.17. The van der Waals surface area contributed by atoms with E-state index in [1.807, 2.05) is 36.6 Å². The van der Waals surface area contributed by atoms with Crippen LogP contribution in [0.15, 0.2) is 52.8 Å². The zero-order valence-electron chi connectivity index (χ0n) is 18.3. The van der Waals surface area contributed by atoms with Crippen molar-refractivity contribution >= 4 is 45.8 Å². The Hall–Kier alpha value is -3.43. The first-order valence-electron chi connectivity index (χ1n) is 9.97. The number of nitro benzene ring substituents is 1. The number of aliphatic imine (C=N–C) groups is 1. The quantitative estimate of drug-likeness (QED) is 0.149. The van der Waals surface area contributed by atoms with Crippen LogP contribution in [0.1, 0.15) is 34.0 Å². The lowest BCUT2D eigenvalue weighted by atomic mass is 10.0. The number of esters is 1. The summed E-state index contributed by atoms with van der Waals surface area (Å²) >= 11 is 6.86. The molecule has 0 bridgehead atoms. The van der Waals surface area contributed by atoms with Gasteiger partial charge in [-0.15, -0.1) is 11.3 Å². The number of aryl methyl sites for hydroxylation is 1. The number of carbonyl (C=O) groups excluding carboxylic acids is 1. The predicted molar refractivity (Wildman–Crippen MR) is 134 cm³/mol. The summed E-state index contributed by atoms with van der Waals surface area (Å²) in [6, 6.07) is 12.2. The first-order chi connectivity index (χ1) is 15.7. The molecule has 0 aliphatic rings. The van der Waals surface area contributed by atoms with Gasteiger partial charge in [-0.25, -0.2) is 4.79 Å². The molecule has 0 radical (unpaired) electrons. The van der Waals surface area contributed by atoms with Gasteiger partial charge in [0, 0.05) is 34.0 Å². The molecular weight excluding hydrogens is 460 g/mol. The van der Waals surface area contributed by atoms with Crippen LogP contribution in [0.3, 0.4) is 0 Å². The van der Waals surface area contributed by atoms with Crippen molar-refractivity contribution in [3.63, 3.8) is 0 Å². The molecule has 1 heterocycles. The number of hydrogen-bond donors (Lipinski definition) is 1. The summed E-state index contributed by atoms with van der Waals surface area (Å²) in [5, 5.41) is 23.9. The van der Waals surface area contributed by atoms with Crippen molar-refractivity contribution in [2.45, 2.75) is 20.3 Å². The maximum atomic E-state index is 11.7. The molecule has 0 amide bonds. The highest BCUT2D eigenvalue weighted by atomic mass is 32.1. The number of thiocarbonyl (C=S) groups is 1. The summed E-state index contributed by atoms with van der Waals surface area (Å²) in [5.74, 6) is -0.582. The molecule has 0 fully saturated rings. The number of thiophene rings is 1. The van der Waals surface area contributed by atoms with Crippen molar-refractivity contribution < 1.29 is 19.6 Å². The van der Waals surface area contributed by atoms with Crippen LogP contribution in [0.4, 0.5) is 5.69 Å². The lowest BCUT2D eigenvalue weighted by molar-refractivity contribution is -0.385. The molecule has 33 heavy (non-hydrogen) atoms. The minimum atomic E-state index is -0.767. The van der Waals surface area contributed by atoms with Crippen LogP contribution >= 0.6 is 23.6 Å². The van der Waals surface area contributed by atoms with Crippen LogP contribution in [-0.2, 0) is 11.2 Å². The van der Waals surface area contributed by atoms with E-state index in [-0.39, 0.29) is 23.5 Å². The molecule has 170 valence electrons. The predicted octanol–water partition coefficient (Wildman–Crippen LogP) is 5.55. The van der Waals surface area contributed by atoms with Gasteiger partial charge >= 0.3 is 5.97 Å². The topological polar surface area (TPSA) is 102 Å². The molecule has 3 aromatic rings. The zero-order valence-corrected chi connectivity index (χ0v) is 20.0. The Morgan fingerprint density at radius 3 is 2.55 bits per heavy atom. The number of aromatic hydroxyl groups is 1. The maximum Gasteiger partial charge on any atom is 0.344 e. The first-order valence-corrected chi connectivity index (χ1v) is 11.3. The highest BCUT2D eigenvalue weighted by Crippen LogP contribution is 2.38. The fraction of sp³-hybridized carbons (Fsp3) is 0.208. The third-order valence-corrected chi connectivity index (χ3v) is 6.32. The average Bonchev–Trinajstić information content (AvgIpc) is 3.18. The van der Waals surface area contributed by atoms with Crippen LogP contribution in [0.25, 0.3) is 10.4 Å². The Balaban J connectivity index is 1.72. The molecule has 0 atom stereocenters. The van der Waals surface area contributed by atoms with E-state index in [1.165, 1.54) is 30.6 Å². The Labute approximate surface area is 200 Å². The number of benzene rings is 2. The van der Waals surface area contributed by atoms with E-state index in [9.17, 15) is 20.0 Å².